The molecule has 0 fully saturated rings. The van der Waals surface area contributed by atoms with Crippen molar-refractivity contribution >= 4 is 6.03 Å². The van der Waals surface area contributed by atoms with Crippen molar-refractivity contribution in [2.24, 2.45) is 0 Å². The highest BCUT2D eigenvalue weighted by atomic mass is 16.2. The Morgan fingerprint density at radius 2 is 2.50 bits per heavy atom. The maximum absolute atomic E-state index is 10.3. The van der Waals surface area contributed by atoms with E-state index in [1.807, 2.05) is 0 Å². The molecule has 0 bridgehead atoms. The molecule has 44 valence electrons. The van der Waals surface area contributed by atoms with Gasteiger partial charge in [-0.2, -0.15) is 0 Å². The van der Waals surface area contributed by atoms with Crippen LogP contribution in [0, 0.1) is 12.3 Å². The number of rotatable bonds is 1. The average Bonchev–Trinajstić information content (AvgIpc) is 1.83. The van der Waals surface area contributed by atoms with Gasteiger partial charge in [-0.05, 0) is 0 Å². The fourth-order valence-electron chi connectivity index (χ4n) is 0.220. The highest BCUT2D eigenvalue weighted by Crippen LogP contribution is 1.56. The summed E-state index contributed by atoms with van der Waals surface area (Å²) < 4.78 is 0. The molecule has 0 rings (SSSR count). The Kier molecular flexibility index (Phi) is 3.42. The second-order valence-corrected chi connectivity index (χ2v) is 1.14. The van der Waals surface area contributed by atoms with Crippen LogP contribution in [0.3, 0.4) is 0 Å². The van der Waals surface area contributed by atoms with Crippen molar-refractivity contribution < 1.29 is 4.79 Å². The number of nitrogens with one attached hydrogen (secondary N) is 2. The molecule has 8 heavy (non-hydrogen) atoms. The fourth-order valence-corrected chi connectivity index (χ4v) is 0.220. The number of hydrogen-bond donors (Lipinski definition) is 2. The minimum atomic E-state index is -0.247. The molecule has 0 aromatic carbocycles. The lowest BCUT2D eigenvalue weighted by Gasteiger charge is -1.95. The van der Waals surface area contributed by atoms with E-state index in [2.05, 4.69) is 16.6 Å². The smallest absolute Gasteiger partial charge is 0.315 e. The molecule has 3 nitrogen and oxygen atoms in total. The molecule has 0 atom stereocenters. The van der Waals surface area contributed by atoms with Crippen LogP contribution in [0.5, 0.6) is 0 Å². The van der Waals surface area contributed by atoms with Crippen LogP contribution in [0.1, 0.15) is 0 Å². The summed E-state index contributed by atoms with van der Waals surface area (Å²) >= 11 is 0. The Bertz CT molecular complexity index is 114. The Morgan fingerprint density at radius 3 is 2.88 bits per heavy atom. The van der Waals surface area contributed by atoms with Crippen LogP contribution in [0.15, 0.2) is 0 Å². The number of urea groups is 1. The van der Waals surface area contributed by atoms with E-state index in [1.54, 1.807) is 0 Å². The average molecular weight is 112 g/mol. The van der Waals surface area contributed by atoms with Crippen LogP contribution in [0.2, 0.25) is 0 Å². The molecule has 0 spiro atoms. The lowest BCUT2D eigenvalue weighted by atomic mass is 10.7. The molecule has 3 heteroatoms. The van der Waals surface area contributed by atoms with Crippen LogP contribution in [-0.2, 0) is 0 Å². The Hall–Kier alpha value is -1.17. The summed E-state index contributed by atoms with van der Waals surface area (Å²) in [6, 6.07) is -0.247. The van der Waals surface area contributed by atoms with Crippen LogP contribution in [-0.4, -0.2) is 19.6 Å². The quantitative estimate of drug-likeness (QED) is 0.443. The summed E-state index contributed by atoms with van der Waals surface area (Å²) in [6.45, 7) is 0.277. The highest BCUT2D eigenvalue weighted by Gasteiger charge is 1.87. The molecule has 0 saturated heterocycles. The summed E-state index contributed by atoms with van der Waals surface area (Å²) in [4.78, 5) is 10.3. The van der Waals surface area contributed by atoms with E-state index in [0.29, 0.717) is 0 Å². The van der Waals surface area contributed by atoms with Gasteiger partial charge < -0.3 is 10.6 Å². The summed E-state index contributed by atoms with van der Waals surface area (Å²) in [6.07, 6.45) is 4.84. The predicted molar refractivity (Wildman–Crippen MR) is 31.3 cm³/mol. The van der Waals surface area contributed by atoms with Crippen molar-refractivity contribution in [3.63, 3.8) is 0 Å². The molecule has 0 aromatic rings. The molecule has 0 aliphatic heterocycles. The molecule has 0 saturated carbocycles. The lowest BCUT2D eigenvalue weighted by molar-refractivity contribution is 0.244. The highest BCUT2D eigenvalue weighted by molar-refractivity contribution is 5.73. The second-order valence-electron chi connectivity index (χ2n) is 1.14. The molecular formula is C5H8N2O. The zero-order valence-electron chi connectivity index (χ0n) is 4.69. The zero-order valence-corrected chi connectivity index (χ0v) is 4.69. The van der Waals surface area contributed by atoms with Gasteiger partial charge in [-0.25, -0.2) is 4.79 Å². The van der Waals surface area contributed by atoms with Gasteiger partial charge in [0.05, 0.1) is 6.54 Å². The predicted octanol–water partition coefficient (Wildman–Crippen LogP) is -0.451. The summed E-state index contributed by atoms with van der Waals surface area (Å²) in [5.41, 5.74) is 0. The topological polar surface area (TPSA) is 41.1 Å². The van der Waals surface area contributed by atoms with Gasteiger partial charge in [0.15, 0.2) is 0 Å². The second kappa shape index (κ2) is 4.00. The Labute approximate surface area is 48.5 Å². The third-order valence-corrected chi connectivity index (χ3v) is 0.578. The molecule has 0 aliphatic rings. The van der Waals surface area contributed by atoms with Crippen molar-refractivity contribution in [1.82, 2.24) is 10.6 Å². The molecule has 0 radical (unpaired) electrons. The van der Waals surface area contributed by atoms with E-state index in [9.17, 15) is 4.79 Å². The first kappa shape index (κ1) is 6.83. The van der Waals surface area contributed by atoms with Crippen molar-refractivity contribution in [1.29, 1.82) is 0 Å². The standard InChI is InChI=1S/C5H8N2O/c1-3-4-7-5(8)6-2/h1H,4H2,2H3,(H2,6,7,8). The third kappa shape index (κ3) is 3.04. The van der Waals surface area contributed by atoms with E-state index in [-0.39, 0.29) is 12.6 Å². The van der Waals surface area contributed by atoms with Crippen LogP contribution in [0.4, 0.5) is 4.79 Å². The van der Waals surface area contributed by atoms with Crippen LogP contribution >= 0.6 is 0 Å². The lowest BCUT2D eigenvalue weighted by Crippen LogP contribution is -2.32. The minimum Gasteiger partial charge on any atom is -0.341 e. The van der Waals surface area contributed by atoms with Gasteiger partial charge in [-0.15, -0.1) is 6.42 Å². The van der Waals surface area contributed by atoms with E-state index < -0.39 is 0 Å². The van der Waals surface area contributed by atoms with E-state index in [4.69, 9.17) is 6.42 Å². The number of amides is 2. The fraction of sp³-hybridized carbons (Fsp3) is 0.400. The van der Waals surface area contributed by atoms with Gasteiger partial charge in [0, 0.05) is 7.05 Å². The molecular weight excluding hydrogens is 104 g/mol. The SMILES string of the molecule is C#CCNC(=O)NC. The number of terminal acetylenes is 1. The van der Waals surface area contributed by atoms with Crippen LogP contribution < -0.4 is 10.6 Å². The monoisotopic (exact) mass is 112 g/mol. The van der Waals surface area contributed by atoms with Crippen molar-refractivity contribution in [2.75, 3.05) is 13.6 Å². The molecule has 0 aromatic heterocycles. The van der Waals surface area contributed by atoms with E-state index >= 15 is 0 Å². The first-order valence-corrected chi connectivity index (χ1v) is 2.20. The van der Waals surface area contributed by atoms with Gasteiger partial charge in [0.25, 0.3) is 0 Å². The molecule has 2 amide bonds. The van der Waals surface area contributed by atoms with Gasteiger partial charge >= 0.3 is 6.03 Å². The Balaban J connectivity index is 3.15. The maximum Gasteiger partial charge on any atom is 0.315 e. The first-order valence-electron chi connectivity index (χ1n) is 2.20. The normalized spacial score (nSPS) is 7.00. The van der Waals surface area contributed by atoms with Gasteiger partial charge in [0.2, 0.25) is 0 Å². The summed E-state index contributed by atoms with van der Waals surface area (Å²) in [7, 11) is 1.53. The van der Waals surface area contributed by atoms with Gasteiger partial charge in [-0.1, -0.05) is 5.92 Å². The first-order chi connectivity index (χ1) is 3.81. The molecule has 0 aliphatic carbocycles. The number of carbonyl (C=O) groups excluding carboxylic acids is 1. The zero-order chi connectivity index (χ0) is 6.41. The summed E-state index contributed by atoms with van der Waals surface area (Å²) in [5.74, 6) is 2.26. The third-order valence-electron chi connectivity index (χ3n) is 0.578. The van der Waals surface area contributed by atoms with Gasteiger partial charge in [-0.3, -0.25) is 0 Å². The van der Waals surface area contributed by atoms with Crippen LogP contribution in [0.25, 0.3) is 0 Å². The van der Waals surface area contributed by atoms with Crippen molar-refractivity contribution in [2.45, 2.75) is 0 Å². The Morgan fingerprint density at radius 1 is 1.88 bits per heavy atom. The molecule has 0 unspecified atom stereocenters. The maximum atomic E-state index is 10.3. The minimum absolute atomic E-state index is 0.247. The number of carbonyl (C=O) groups is 1. The van der Waals surface area contributed by atoms with Crippen molar-refractivity contribution in [3.05, 3.63) is 0 Å². The molecule has 2 N–H and O–H groups in total. The van der Waals surface area contributed by atoms with Gasteiger partial charge in [0.1, 0.15) is 0 Å². The van der Waals surface area contributed by atoms with Crippen molar-refractivity contribution in [3.8, 4) is 12.3 Å². The van der Waals surface area contributed by atoms with E-state index in [0.717, 1.165) is 0 Å². The molecule has 0 heterocycles. The van der Waals surface area contributed by atoms with E-state index in [1.165, 1.54) is 7.05 Å². The largest absolute Gasteiger partial charge is 0.341 e. The summed E-state index contributed by atoms with van der Waals surface area (Å²) in [5, 5.41) is 4.75. The number of hydrogen-bond acceptors (Lipinski definition) is 1.